The van der Waals surface area contributed by atoms with Crippen LogP contribution in [0.15, 0.2) is 46.2 Å². The summed E-state index contributed by atoms with van der Waals surface area (Å²) in [5, 5.41) is 10.4. The van der Waals surface area contributed by atoms with E-state index in [0.29, 0.717) is 16.7 Å². The number of halogens is 1. The predicted octanol–water partition coefficient (Wildman–Crippen LogP) is 4.13. The van der Waals surface area contributed by atoms with Crippen molar-refractivity contribution in [3.8, 4) is 16.5 Å². The Morgan fingerprint density at radius 1 is 1.29 bits per heavy atom. The van der Waals surface area contributed by atoms with Gasteiger partial charge in [0.15, 0.2) is 12.7 Å². The fourth-order valence-electron chi connectivity index (χ4n) is 1.85. The zero-order valence-corrected chi connectivity index (χ0v) is 14.2. The molecule has 24 heavy (non-hydrogen) atoms. The minimum atomic E-state index is -0.660. The maximum Gasteiger partial charge on any atom is 0.344 e. The highest BCUT2D eigenvalue weighted by Gasteiger charge is 2.19. The number of aromatic nitrogens is 2. The fraction of sp³-hybridized carbons (Fsp3) is 0.188. The van der Waals surface area contributed by atoms with E-state index in [-0.39, 0.29) is 12.5 Å². The quantitative estimate of drug-likeness (QED) is 0.612. The van der Waals surface area contributed by atoms with Crippen LogP contribution in [0.3, 0.4) is 0 Å². The lowest BCUT2D eigenvalue weighted by Crippen LogP contribution is -2.17. The van der Waals surface area contributed by atoms with Crippen molar-refractivity contribution in [2.45, 2.75) is 13.0 Å². The van der Waals surface area contributed by atoms with Crippen LogP contribution in [0, 0.1) is 0 Å². The number of ether oxygens (including phenoxy) is 2. The molecule has 0 fully saturated rings. The average Bonchev–Trinajstić information content (AvgIpc) is 3.25. The van der Waals surface area contributed by atoms with Crippen LogP contribution in [0.1, 0.15) is 18.9 Å². The molecule has 8 heteroatoms. The molecule has 0 bridgehead atoms. The molecule has 1 atom stereocenters. The second-order valence-electron chi connectivity index (χ2n) is 4.80. The van der Waals surface area contributed by atoms with E-state index in [1.807, 2.05) is 17.5 Å². The molecule has 0 aliphatic carbocycles. The van der Waals surface area contributed by atoms with Crippen LogP contribution < -0.4 is 4.74 Å². The van der Waals surface area contributed by atoms with Gasteiger partial charge in [-0.2, -0.15) is 0 Å². The van der Waals surface area contributed by atoms with Crippen molar-refractivity contribution in [3.63, 3.8) is 0 Å². The highest BCUT2D eigenvalue weighted by Crippen LogP contribution is 2.25. The summed E-state index contributed by atoms with van der Waals surface area (Å²) < 4.78 is 16.1. The lowest BCUT2D eigenvalue weighted by atomic mass is 10.3. The number of benzene rings is 1. The Balaban J connectivity index is 1.53. The fourth-order valence-corrected chi connectivity index (χ4v) is 2.62. The molecule has 124 valence electrons. The minimum absolute atomic E-state index is 0.224. The number of carbonyl (C=O) groups is 1. The molecule has 6 nitrogen and oxygen atoms in total. The minimum Gasteiger partial charge on any atom is -0.482 e. The zero-order valence-electron chi connectivity index (χ0n) is 12.6. The highest BCUT2D eigenvalue weighted by atomic mass is 35.5. The number of rotatable bonds is 6. The lowest BCUT2D eigenvalue weighted by molar-refractivity contribution is -0.152. The summed E-state index contributed by atoms with van der Waals surface area (Å²) in [5.74, 6) is 0.633. The van der Waals surface area contributed by atoms with E-state index < -0.39 is 12.1 Å². The van der Waals surface area contributed by atoms with E-state index in [0.717, 1.165) is 4.88 Å². The van der Waals surface area contributed by atoms with E-state index in [2.05, 4.69) is 10.2 Å². The highest BCUT2D eigenvalue weighted by molar-refractivity contribution is 7.13. The number of hydrogen-bond acceptors (Lipinski definition) is 7. The Hall–Kier alpha value is -2.38. The maximum atomic E-state index is 11.8. The monoisotopic (exact) mass is 364 g/mol. The van der Waals surface area contributed by atoms with Gasteiger partial charge in [-0.05, 0) is 42.6 Å². The number of hydrogen-bond donors (Lipinski definition) is 0. The number of nitrogens with zero attached hydrogens (tertiary/aromatic N) is 2. The second-order valence-corrected chi connectivity index (χ2v) is 6.18. The molecule has 0 saturated heterocycles. The largest absolute Gasteiger partial charge is 0.482 e. The van der Waals surface area contributed by atoms with Crippen molar-refractivity contribution in [2.75, 3.05) is 6.61 Å². The first-order chi connectivity index (χ1) is 11.6. The standard InChI is InChI=1S/C16H13ClN2O4S/c1-10(15-18-19-16(23-15)13-3-2-8-24-13)22-14(20)9-21-12-6-4-11(17)5-7-12/h2-8,10H,9H2,1H3/t10-/m0/s1. The van der Waals surface area contributed by atoms with Gasteiger partial charge in [0.05, 0.1) is 4.88 Å². The summed E-state index contributed by atoms with van der Waals surface area (Å²) in [4.78, 5) is 12.7. The van der Waals surface area contributed by atoms with Gasteiger partial charge in [-0.25, -0.2) is 4.79 Å². The molecule has 1 aromatic carbocycles. The first-order valence-electron chi connectivity index (χ1n) is 7.07. The van der Waals surface area contributed by atoms with E-state index in [9.17, 15) is 4.79 Å². The van der Waals surface area contributed by atoms with Crippen molar-refractivity contribution in [3.05, 3.63) is 52.7 Å². The molecule has 0 aliphatic rings. The van der Waals surface area contributed by atoms with Crippen LogP contribution in [0.5, 0.6) is 5.75 Å². The number of carbonyl (C=O) groups excluding carboxylic acids is 1. The van der Waals surface area contributed by atoms with Gasteiger partial charge in [-0.15, -0.1) is 21.5 Å². The first-order valence-corrected chi connectivity index (χ1v) is 8.32. The van der Waals surface area contributed by atoms with Gasteiger partial charge in [-0.1, -0.05) is 17.7 Å². The van der Waals surface area contributed by atoms with Gasteiger partial charge >= 0.3 is 5.97 Å². The summed E-state index contributed by atoms with van der Waals surface area (Å²) >= 11 is 7.27. The van der Waals surface area contributed by atoms with Crippen LogP contribution in [0.4, 0.5) is 0 Å². The first kappa shape index (κ1) is 16.5. The van der Waals surface area contributed by atoms with Gasteiger partial charge < -0.3 is 13.9 Å². The van der Waals surface area contributed by atoms with Crippen LogP contribution in [0.2, 0.25) is 5.02 Å². The molecule has 3 rings (SSSR count). The van der Waals surface area contributed by atoms with Crippen LogP contribution in [0.25, 0.3) is 10.8 Å². The second kappa shape index (κ2) is 7.46. The molecule has 2 aromatic heterocycles. The van der Waals surface area contributed by atoms with Crippen molar-refractivity contribution in [1.82, 2.24) is 10.2 Å². The normalized spacial score (nSPS) is 11.9. The third-order valence-corrected chi connectivity index (χ3v) is 4.11. The summed E-state index contributed by atoms with van der Waals surface area (Å²) in [6.45, 7) is 1.43. The molecule has 0 unspecified atom stereocenters. The maximum absolute atomic E-state index is 11.8. The average molecular weight is 365 g/mol. The number of esters is 1. The van der Waals surface area contributed by atoms with Gasteiger partial charge in [0, 0.05) is 5.02 Å². The molecule has 3 aromatic rings. The molecule has 0 amide bonds. The Bertz CT molecular complexity index is 802. The molecule has 0 saturated carbocycles. The Labute approximate surface area is 147 Å². The molecule has 0 aliphatic heterocycles. The summed E-state index contributed by atoms with van der Waals surface area (Å²) in [7, 11) is 0. The molecule has 2 heterocycles. The topological polar surface area (TPSA) is 74.5 Å². The van der Waals surface area contributed by atoms with E-state index >= 15 is 0 Å². The Morgan fingerprint density at radius 2 is 2.08 bits per heavy atom. The van der Waals surface area contributed by atoms with Crippen molar-refractivity contribution < 1.29 is 18.7 Å². The smallest absolute Gasteiger partial charge is 0.344 e. The third kappa shape index (κ3) is 4.12. The lowest BCUT2D eigenvalue weighted by Gasteiger charge is -2.10. The summed E-state index contributed by atoms with van der Waals surface area (Å²) in [6.07, 6.45) is -0.660. The molecule has 0 spiro atoms. The van der Waals surface area contributed by atoms with Crippen LogP contribution >= 0.6 is 22.9 Å². The molecular weight excluding hydrogens is 352 g/mol. The van der Waals surface area contributed by atoms with E-state index in [1.54, 1.807) is 31.2 Å². The number of thiophene rings is 1. The predicted molar refractivity (Wildman–Crippen MR) is 89.1 cm³/mol. The van der Waals surface area contributed by atoms with Crippen molar-refractivity contribution in [1.29, 1.82) is 0 Å². The van der Waals surface area contributed by atoms with Crippen molar-refractivity contribution >= 4 is 28.9 Å². The molecular formula is C16H13ClN2O4S. The van der Waals surface area contributed by atoms with Gasteiger partial charge in [0.2, 0.25) is 0 Å². The molecule has 0 N–H and O–H groups in total. The summed E-state index contributed by atoms with van der Waals surface area (Å²) in [6, 6.07) is 10.5. The SMILES string of the molecule is C[C@H](OC(=O)COc1ccc(Cl)cc1)c1nnc(-c2cccs2)o1. The van der Waals surface area contributed by atoms with E-state index in [4.69, 9.17) is 25.5 Å². The summed E-state index contributed by atoms with van der Waals surface area (Å²) in [5.41, 5.74) is 0. The van der Waals surface area contributed by atoms with Gasteiger partial charge in [0.25, 0.3) is 11.8 Å². The van der Waals surface area contributed by atoms with Crippen LogP contribution in [-0.2, 0) is 9.53 Å². The van der Waals surface area contributed by atoms with Crippen LogP contribution in [-0.4, -0.2) is 22.8 Å². The van der Waals surface area contributed by atoms with Gasteiger partial charge in [-0.3, -0.25) is 0 Å². The van der Waals surface area contributed by atoms with E-state index in [1.165, 1.54) is 11.3 Å². The zero-order chi connectivity index (χ0) is 16.9. The molecule has 0 radical (unpaired) electrons. The third-order valence-electron chi connectivity index (χ3n) is 3.00. The van der Waals surface area contributed by atoms with Crippen molar-refractivity contribution in [2.24, 2.45) is 0 Å². The van der Waals surface area contributed by atoms with Gasteiger partial charge in [0.1, 0.15) is 5.75 Å². The Kier molecular flexibility index (Phi) is 5.12. The Morgan fingerprint density at radius 3 is 2.79 bits per heavy atom.